The van der Waals surface area contributed by atoms with E-state index in [4.69, 9.17) is 2.74 Å². The Morgan fingerprint density at radius 3 is 3.14 bits per heavy atom. The second kappa shape index (κ2) is 1.97. The molecule has 0 fully saturated rings. The predicted molar refractivity (Wildman–Crippen MR) is 32.1 cm³/mol. The van der Waals surface area contributed by atoms with E-state index in [2.05, 4.69) is 0 Å². The molecule has 0 radical (unpaired) electrons. The summed E-state index contributed by atoms with van der Waals surface area (Å²) in [5.41, 5.74) is 0.877. The summed E-state index contributed by atoms with van der Waals surface area (Å²) in [4.78, 5) is 0. The fraction of sp³-hybridized carbons (Fsp3) is 0.429. The highest BCUT2D eigenvalue weighted by Crippen LogP contribution is 2.12. The van der Waals surface area contributed by atoms with Gasteiger partial charge in [0.25, 0.3) is 0 Å². The van der Waals surface area contributed by atoms with Gasteiger partial charge in [0.05, 0.1) is 0 Å². The van der Waals surface area contributed by atoms with Crippen molar-refractivity contribution in [1.82, 2.24) is 0 Å². The highest BCUT2D eigenvalue weighted by atomic mass is 14.0. The van der Waals surface area contributed by atoms with Crippen molar-refractivity contribution < 1.29 is 2.74 Å². The van der Waals surface area contributed by atoms with Crippen LogP contribution < -0.4 is 0 Å². The van der Waals surface area contributed by atoms with Gasteiger partial charge in [0.15, 0.2) is 0 Å². The van der Waals surface area contributed by atoms with Crippen LogP contribution in [-0.2, 0) is 0 Å². The fourth-order valence-corrected chi connectivity index (χ4v) is 0.633. The van der Waals surface area contributed by atoms with Crippen LogP contribution in [0.4, 0.5) is 0 Å². The van der Waals surface area contributed by atoms with Crippen LogP contribution in [0.5, 0.6) is 0 Å². The first kappa shape index (κ1) is 2.71. The van der Waals surface area contributed by atoms with Crippen LogP contribution in [0, 0.1) is 0 Å². The van der Waals surface area contributed by atoms with Gasteiger partial charge in [-0.1, -0.05) is 30.7 Å². The standard InChI is InChI=1S/C7H10/c1-2-7-5-3-4-6-7/h3-5H,2,6H2,1H3/i2D2. The minimum absolute atomic E-state index is 0.781. The molecule has 0 unspecified atom stereocenters. The Hall–Kier alpha value is -0.520. The molecule has 0 heteroatoms. The largest absolute Gasteiger partial charge is 0.0805 e. The molecule has 0 saturated heterocycles. The molecular formula is C7H10. The molecule has 0 bridgehead atoms. The number of hydrogen-bond donors (Lipinski definition) is 0. The summed E-state index contributed by atoms with van der Waals surface area (Å²) in [5, 5.41) is 0. The summed E-state index contributed by atoms with van der Waals surface area (Å²) in [7, 11) is 0. The molecule has 0 aromatic heterocycles. The maximum atomic E-state index is 7.29. The average Bonchev–Trinajstić information content (AvgIpc) is 2.08. The van der Waals surface area contributed by atoms with Gasteiger partial charge in [-0.25, -0.2) is 0 Å². The van der Waals surface area contributed by atoms with E-state index in [1.807, 2.05) is 18.2 Å². The molecule has 1 aliphatic rings. The first-order valence-corrected chi connectivity index (χ1v) is 2.47. The van der Waals surface area contributed by atoms with E-state index >= 15 is 0 Å². The number of allylic oxidation sites excluding steroid dienone is 4. The molecule has 0 spiro atoms. The summed E-state index contributed by atoms with van der Waals surface area (Å²) in [6, 6.07) is 0. The molecule has 0 nitrogen and oxygen atoms in total. The Kier molecular flexibility index (Phi) is 0.760. The Labute approximate surface area is 47.4 Å². The molecule has 0 atom stereocenters. The molecule has 7 heavy (non-hydrogen) atoms. The molecule has 0 saturated carbocycles. The van der Waals surface area contributed by atoms with Gasteiger partial charge < -0.3 is 0 Å². The lowest BCUT2D eigenvalue weighted by Gasteiger charge is -1.88. The lowest BCUT2D eigenvalue weighted by Crippen LogP contribution is -1.68. The first-order chi connectivity index (χ1) is 4.11. The lowest BCUT2D eigenvalue weighted by atomic mass is 10.2. The van der Waals surface area contributed by atoms with Crippen LogP contribution in [0.2, 0.25) is 0 Å². The van der Waals surface area contributed by atoms with E-state index in [0.717, 1.165) is 12.0 Å². The lowest BCUT2D eigenvalue weighted by molar-refractivity contribution is 1.05. The van der Waals surface area contributed by atoms with Crippen molar-refractivity contribution in [3.05, 3.63) is 23.8 Å². The topological polar surface area (TPSA) is 0 Å². The van der Waals surface area contributed by atoms with Crippen molar-refractivity contribution >= 4 is 0 Å². The molecular weight excluding hydrogens is 84.1 g/mol. The Morgan fingerprint density at radius 2 is 2.86 bits per heavy atom. The third-order valence-corrected chi connectivity index (χ3v) is 1.09. The van der Waals surface area contributed by atoms with Gasteiger partial charge in [0.1, 0.15) is 0 Å². The molecule has 0 amide bonds. The van der Waals surface area contributed by atoms with E-state index in [0.29, 0.717) is 0 Å². The minimum atomic E-state index is -1.12. The van der Waals surface area contributed by atoms with Crippen LogP contribution in [0.1, 0.15) is 22.5 Å². The van der Waals surface area contributed by atoms with Crippen LogP contribution >= 0.6 is 0 Å². The van der Waals surface area contributed by atoms with Gasteiger partial charge in [0, 0.05) is 2.74 Å². The van der Waals surface area contributed by atoms with Crippen LogP contribution in [-0.4, -0.2) is 0 Å². The van der Waals surface area contributed by atoms with Crippen LogP contribution in [0.3, 0.4) is 0 Å². The van der Waals surface area contributed by atoms with Gasteiger partial charge >= 0.3 is 0 Å². The van der Waals surface area contributed by atoms with Crippen molar-refractivity contribution in [2.75, 3.05) is 0 Å². The molecule has 0 N–H and O–H groups in total. The predicted octanol–water partition coefficient (Wildman–Crippen LogP) is 2.28. The smallest absolute Gasteiger partial charge is 0.0310 e. The molecule has 38 valence electrons. The highest BCUT2D eigenvalue weighted by molar-refractivity contribution is 5.22. The quantitative estimate of drug-likeness (QED) is 0.469. The molecule has 0 aromatic carbocycles. The minimum Gasteiger partial charge on any atom is -0.0805 e. The molecule has 0 aromatic rings. The highest BCUT2D eigenvalue weighted by Gasteiger charge is 1.91. The first-order valence-electron chi connectivity index (χ1n) is 3.47. The molecule has 1 rings (SSSR count). The SMILES string of the molecule is [2H]C([2H])(C)C1=CC=CC1. The van der Waals surface area contributed by atoms with Gasteiger partial charge in [-0.2, -0.15) is 0 Å². The zero-order valence-corrected chi connectivity index (χ0v) is 4.44. The number of hydrogen-bond acceptors (Lipinski definition) is 0. The summed E-state index contributed by atoms with van der Waals surface area (Å²) >= 11 is 0. The molecule has 0 heterocycles. The van der Waals surface area contributed by atoms with E-state index < -0.39 is 6.37 Å². The summed E-state index contributed by atoms with van der Waals surface area (Å²) in [5.74, 6) is 0. The van der Waals surface area contributed by atoms with Gasteiger partial charge in [-0.05, 0) is 12.8 Å². The summed E-state index contributed by atoms with van der Waals surface area (Å²) < 4.78 is 14.6. The number of rotatable bonds is 1. The third-order valence-electron chi connectivity index (χ3n) is 1.09. The Bertz CT molecular complexity index is 160. The monoisotopic (exact) mass is 96.1 g/mol. The third kappa shape index (κ3) is 0.923. The Balaban J connectivity index is 2.66. The average molecular weight is 96.2 g/mol. The van der Waals surface area contributed by atoms with E-state index in [9.17, 15) is 0 Å². The summed E-state index contributed by atoms with van der Waals surface area (Å²) in [6.07, 6.45) is 5.38. The van der Waals surface area contributed by atoms with Crippen molar-refractivity contribution in [2.45, 2.75) is 19.7 Å². The summed E-state index contributed by atoms with van der Waals surface area (Å²) in [6.45, 7) is 1.59. The maximum Gasteiger partial charge on any atom is 0.0310 e. The van der Waals surface area contributed by atoms with Gasteiger partial charge in [0.2, 0.25) is 0 Å². The van der Waals surface area contributed by atoms with Crippen molar-refractivity contribution in [3.63, 3.8) is 0 Å². The van der Waals surface area contributed by atoms with Crippen molar-refractivity contribution in [1.29, 1.82) is 0 Å². The fourth-order valence-electron chi connectivity index (χ4n) is 0.633. The normalized spacial score (nSPS) is 23.9. The maximum absolute atomic E-state index is 7.29. The van der Waals surface area contributed by atoms with E-state index in [-0.39, 0.29) is 0 Å². The van der Waals surface area contributed by atoms with Crippen LogP contribution in [0.15, 0.2) is 23.8 Å². The van der Waals surface area contributed by atoms with E-state index in [1.165, 1.54) is 0 Å². The zero-order valence-electron chi connectivity index (χ0n) is 6.44. The second-order valence-electron chi connectivity index (χ2n) is 1.57. The molecule has 0 aliphatic heterocycles. The van der Waals surface area contributed by atoms with Gasteiger partial charge in [-0.15, -0.1) is 0 Å². The van der Waals surface area contributed by atoms with Crippen LogP contribution in [0.25, 0.3) is 0 Å². The van der Waals surface area contributed by atoms with E-state index in [1.54, 1.807) is 6.92 Å². The van der Waals surface area contributed by atoms with Gasteiger partial charge in [-0.3, -0.25) is 0 Å². The second-order valence-corrected chi connectivity index (χ2v) is 1.57. The zero-order chi connectivity index (χ0) is 6.91. The van der Waals surface area contributed by atoms with Crippen molar-refractivity contribution in [3.8, 4) is 0 Å². The molecule has 1 aliphatic carbocycles. The van der Waals surface area contributed by atoms with Crippen molar-refractivity contribution in [2.24, 2.45) is 0 Å². The Morgan fingerprint density at radius 1 is 2.00 bits per heavy atom.